The summed E-state index contributed by atoms with van der Waals surface area (Å²) in [5, 5.41) is 4.74. The number of urea groups is 1. The summed E-state index contributed by atoms with van der Waals surface area (Å²) in [6.07, 6.45) is -5.54. The first-order valence-electron chi connectivity index (χ1n) is 12.7. The van der Waals surface area contributed by atoms with Gasteiger partial charge in [-0.15, -0.1) is 0 Å². The highest BCUT2D eigenvalue weighted by Gasteiger charge is 2.64. The van der Waals surface area contributed by atoms with Crippen molar-refractivity contribution in [3.8, 4) is 0 Å². The fourth-order valence-corrected chi connectivity index (χ4v) is 5.73. The Balaban J connectivity index is 1.37. The molecule has 2 aliphatic carbocycles. The third-order valence-corrected chi connectivity index (χ3v) is 8.26. The Morgan fingerprint density at radius 1 is 1.05 bits per heavy atom. The van der Waals surface area contributed by atoms with Crippen LogP contribution in [-0.2, 0) is 33.8 Å². The van der Waals surface area contributed by atoms with Gasteiger partial charge in [-0.1, -0.05) is 12.5 Å². The third-order valence-electron chi connectivity index (χ3n) is 8.26. The number of hydrogen-bond donors (Lipinski definition) is 2. The molecular weight excluding hydrogens is 558 g/mol. The molecule has 0 unspecified atom stereocenters. The summed E-state index contributed by atoms with van der Waals surface area (Å²) in [4.78, 5) is 52.4. The van der Waals surface area contributed by atoms with Crippen LogP contribution in [0, 0.1) is 22.9 Å². The van der Waals surface area contributed by atoms with E-state index in [0.29, 0.717) is 16.5 Å². The average molecular weight is 583 g/mol. The maximum absolute atomic E-state index is 14.4. The standard InChI is InChI=1S/C27H24F6N4O4/c1-36-24(41)35-22(39)26(36)10-14-3-4-18(8-15(14)11-26)34-20(38)13-37(12-16-7-17(28)9-19(29)21(16)30)23(40)25(5-2-6-25)27(31,32)33/h3-4,7-9H,2,5-6,10-13H2,1H3,(H,34,38)(H,35,39,41)/t26-/m0/s1. The Morgan fingerprint density at radius 2 is 1.73 bits per heavy atom. The zero-order valence-corrected chi connectivity index (χ0v) is 21.6. The van der Waals surface area contributed by atoms with Crippen LogP contribution in [0.2, 0.25) is 0 Å². The molecule has 5 amide bonds. The normalized spacial score (nSPS) is 21.0. The fourth-order valence-electron chi connectivity index (χ4n) is 5.73. The van der Waals surface area contributed by atoms with E-state index in [9.17, 15) is 45.5 Å². The molecule has 2 aromatic carbocycles. The topological polar surface area (TPSA) is 98.8 Å². The molecule has 1 atom stereocenters. The molecule has 5 rings (SSSR count). The molecule has 0 radical (unpaired) electrons. The van der Waals surface area contributed by atoms with E-state index >= 15 is 0 Å². The summed E-state index contributed by atoms with van der Waals surface area (Å²) in [5.74, 6) is -7.24. The molecule has 2 N–H and O–H groups in total. The van der Waals surface area contributed by atoms with Gasteiger partial charge in [0.25, 0.3) is 5.91 Å². The van der Waals surface area contributed by atoms with E-state index in [4.69, 9.17) is 0 Å². The number of halogens is 6. The van der Waals surface area contributed by atoms with Gasteiger partial charge < -0.3 is 15.1 Å². The summed E-state index contributed by atoms with van der Waals surface area (Å²) >= 11 is 0. The molecule has 8 nitrogen and oxygen atoms in total. The van der Waals surface area contributed by atoms with Gasteiger partial charge in [-0.05, 0) is 42.2 Å². The van der Waals surface area contributed by atoms with Crippen LogP contribution >= 0.6 is 0 Å². The number of nitrogens with one attached hydrogen (secondary N) is 2. The van der Waals surface area contributed by atoms with Crippen molar-refractivity contribution in [2.75, 3.05) is 18.9 Å². The molecule has 1 spiro atoms. The van der Waals surface area contributed by atoms with Crippen molar-refractivity contribution >= 4 is 29.4 Å². The molecule has 218 valence electrons. The number of benzene rings is 2. The number of imide groups is 1. The maximum atomic E-state index is 14.4. The van der Waals surface area contributed by atoms with E-state index in [0.717, 1.165) is 5.56 Å². The van der Waals surface area contributed by atoms with E-state index < -0.39 is 89.8 Å². The zero-order valence-electron chi connectivity index (χ0n) is 21.6. The molecule has 1 aliphatic heterocycles. The first kappa shape index (κ1) is 28.4. The van der Waals surface area contributed by atoms with Crippen molar-refractivity contribution in [3.63, 3.8) is 0 Å². The SMILES string of the molecule is CN1C(=O)NC(=O)[C@@]12Cc1ccc(NC(=O)CN(Cc3cc(F)cc(F)c3F)C(=O)C3(C(F)(F)F)CCC3)cc1C2. The average Bonchev–Trinajstić information content (AvgIpc) is 3.32. The third kappa shape index (κ3) is 4.68. The van der Waals surface area contributed by atoms with Crippen LogP contribution in [0.4, 0.5) is 36.8 Å². The van der Waals surface area contributed by atoms with Crippen LogP contribution in [0.1, 0.15) is 36.0 Å². The lowest BCUT2D eigenvalue weighted by Gasteiger charge is -2.44. The van der Waals surface area contributed by atoms with Crippen LogP contribution in [0.3, 0.4) is 0 Å². The number of nitrogens with zero attached hydrogens (tertiary/aromatic N) is 2. The Morgan fingerprint density at radius 3 is 2.32 bits per heavy atom. The fraction of sp³-hybridized carbons (Fsp3) is 0.407. The van der Waals surface area contributed by atoms with Gasteiger partial charge in [-0.2, -0.15) is 13.2 Å². The van der Waals surface area contributed by atoms with Crippen molar-refractivity contribution in [2.24, 2.45) is 5.41 Å². The predicted molar refractivity (Wildman–Crippen MR) is 131 cm³/mol. The van der Waals surface area contributed by atoms with Crippen LogP contribution in [-0.4, -0.2) is 58.9 Å². The van der Waals surface area contributed by atoms with E-state index in [2.05, 4.69) is 10.6 Å². The highest BCUT2D eigenvalue weighted by atomic mass is 19.4. The van der Waals surface area contributed by atoms with Crippen molar-refractivity contribution < 1.29 is 45.5 Å². The van der Waals surface area contributed by atoms with Crippen molar-refractivity contribution in [2.45, 2.75) is 50.4 Å². The molecule has 1 heterocycles. The number of carbonyl (C=O) groups excluding carboxylic acids is 4. The summed E-state index contributed by atoms with van der Waals surface area (Å²) in [6.45, 7) is -1.94. The minimum Gasteiger partial charge on any atom is -0.328 e. The highest BCUT2D eigenvalue weighted by Crippen LogP contribution is 2.54. The highest BCUT2D eigenvalue weighted by molar-refractivity contribution is 6.07. The summed E-state index contributed by atoms with van der Waals surface area (Å²) in [6, 6.07) is 4.92. The summed E-state index contributed by atoms with van der Waals surface area (Å²) < 4.78 is 83.8. The van der Waals surface area contributed by atoms with Gasteiger partial charge in [0.05, 0.1) is 0 Å². The number of rotatable bonds is 6. The predicted octanol–water partition coefficient (Wildman–Crippen LogP) is 3.82. The second-order valence-electron chi connectivity index (χ2n) is 10.7. The minimum atomic E-state index is -4.96. The molecule has 1 saturated heterocycles. The number of alkyl halides is 3. The van der Waals surface area contributed by atoms with Crippen LogP contribution in [0.25, 0.3) is 0 Å². The zero-order chi connectivity index (χ0) is 29.9. The van der Waals surface area contributed by atoms with Crippen molar-refractivity contribution in [1.82, 2.24) is 15.1 Å². The largest absolute Gasteiger partial charge is 0.403 e. The number of fused-ring (bicyclic) bond motifs is 1. The van der Waals surface area contributed by atoms with E-state index in [1.54, 1.807) is 12.1 Å². The van der Waals surface area contributed by atoms with Gasteiger partial charge in [0, 0.05) is 43.8 Å². The van der Waals surface area contributed by atoms with Crippen LogP contribution < -0.4 is 10.6 Å². The molecule has 3 aliphatic rings. The van der Waals surface area contributed by atoms with Gasteiger partial charge in [0.15, 0.2) is 11.6 Å². The molecule has 2 aromatic rings. The number of amides is 5. The quantitative estimate of drug-likeness (QED) is 0.308. The lowest BCUT2D eigenvalue weighted by Crippen LogP contribution is -2.57. The Bertz CT molecular complexity index is 1470. The molecule has 2 fully saturated rings. The van der Waals surface area contributed by atoms with E-state index in [1.807, 2.05) is 0 Å². The lowest BCUT2D eigenvalue weighted by molar-refractivity contribution is -0.248. The minimum absolute atomic E-state index is 0.101. The Kier molecular flexibility index (Phi) is 6.77. The Hall–Kier alpha value is -4.10. The second-order valence-corrected chi connectivity index (χ2v) is 10.7. The molecule has 41 heavy (non-hydrogen) atoms. The summed E-state index contributed by atoms with van der Waals surface area (Å²) in [5.41, 5.74) is -3.04. The number of hydrogen-bond acceptors (Lipinski definition) is 4. The first-order valence-corrected chi connectivity index (χ1v) is 12.7. The van der Waals surface area contributed by atoms with Crippen LogP contribution in [0.5, 0.6) is 0 Å². The smallest absolute Gasteiger partial charge is 0.328 e. The summed E-state index contributed by atoms with van der Waals surface area (Å²) in [7, 11) is 1.49. The van der Waals surface area contributed by atoms with Gasteiger partial charge >= 0.3 is 12.2 Å². The van der Waals surface area contributed by atoms with Gasteiger partial charge in [-0.25, -0.2) is 18.0 Å². The monoisotopic (exact) mass is 582 g/mol. The van der Waals surface area contributed by atoms with Gasteiger partial charge in [0.1, 0.15) is 23.3 Å². The molecule has 14 heteroatoms. The number of carbonyl (C=O) groups is 4. The maximum Gasteiger partial charge on any atom is 0.403 e. The molecular formula is C27H24F6N4O4. The van der Waals surface area contributed by atoms with Gasteiger partial charge in [0.2, 0.25) is 11.8 Å². The van der Waals surface area contributed by atoms with Crippen molar-refractivity contribution in [3.05, 3.63) is 64.5 Å². The van der Waals surface area contributed by atoms with Crippen LogP contribution in [0.15, 0.2) is 30.3 Å². The molecule has 1 saturated carbocycles. The number of likely N-dealkylation sites (N-methyl/N-ethyl adjacent to an activating group) is 1. The Labute approximate surface area is 229 Å². The molecule has 0 aromatic heterocycles. The lowest BCUT2D eigenvalue weighted by atomic mass is 9.67. The van der Waals surface area contributed by atoms with E-state index in [-0.39, 0.29) is 31.0 Å². The number of anilines is 1. The van der Waals surface area contributed by atoms with Gasteiger partial charge in [-0.3, -0.25) is 19.7 Å². The van der Waals surface area contributed by atoms with Crippen molar-refractivity contribution in [1.29, 1.82) is 0 Å². The van der Waals surface area contributed by atoms with E-state index in [1.165, 1.54) is 18.0 Å². The molecule has 0 bridgehead atoms. The first-order chi connectivity index (χ1) is 19.2. The second kappa shape index (κ2) is 9.77.